The summed E-state index contributed by atoms with van der Waals surface area (Å²) in [7, 11) is 1.40. The van der Waals surface area contributed by atoms with Crippen LogP contribution in [0.3, 0.4) is 0 Å². The molecule has 2 aromatic carbocycles. The van der Waals surface area contributed by atoms with Gasteiger partial charge in [0.1, 0.15) is 5.84 Å². The number of esters is 1. The summed E-state index contributed by atoms with van der Waals surface area (Å²) in [4.78, 5) is 14.6. The maximum absolute atomic E-state index is 12.5. The van der Waals surface area contributed by atoms with Crippen molar-refractivity contribution < 1.29 is 14.3 Å². The number of nitrogens with two attached hydrogens (primary N) is 1. The maximum atomic E-state index is 12.5. The normalized spacial score (nSPS) is 18.6. The third-order valence-electron chi connectivity index (χ3n) is 6.62. The van der Waals surface area contributed by atoms with Crippen molar-refractivity contribution >= 4 is 28.4 Å². The number of ether oxygens (including phenoxy) is 2. The number of rotatable bonds is 7. The molecule has 4 rings (SSSR count). The van der Waals surface area contributed by atoms with Crippen LogP contribution in [0.1, 0.15) is 37.3 Å². The van der Waals surface area contributed by atoms with Gasteiger partial charge in [0.15, 0.2) is 0 Å². The van der Waals surface area contributed by atoms with E-state index in [4.69, 9.17) is 26.0 Å². The second-order valence-corrected chi connectivity index (χ2v) is 9.06. The molecule has 1 atom stereocenters. The quantitative estimate of drug-likeness (QED) is 0.276. The Morgan fingerprint density at radius 1 is 1.14 bits per heavy atom. The topological polar surface area (TPSA) is 125 Å². The second-order valence-electron chi connectivity index (χ2n) is 9.06. The summed E-state index contributed by atoms with van der Waals surface area (Å²) in [5.74, 6) is 0.283. The summed E-state index contributed by atoms with van der Waals surface area (Å²) >= 11 is 0. The summed E-state index contributed by atoms with van der Waals surface area (Å²) in [6.07, 6.45) is 6.04. The van der Waals surface area contributed by atoms with E-state index >= 15 is 0 Å². The zero-order valence-electron chi connectivity index (χ0n) is 20.3. The minimum absolute atomic E-state index is 0.0443. The minimum atomic E-state index is -0.357. The van der Waals surface area contributed by atoms with E-state index in [-0.39, 0.29) is 24.0 Å². The van der Waals surface area contributed by atoms with Crippen LogP contribution in [-0.4, -0.2) is 54.9 Å². The predicted octanol–water partition coefficient (Wildman–Crippen LogP) is 3.45. The van der Waals surface area contributed by atoms with Crippen molar-refractivity contribution in [1.29, 1.82) is 10.8 Å². The lowest BCUT2D eigenvalue weighted by atomic mass is 9.98. The summed E-state index contributed by atoms with van der Waals surface area (Å²) in [6.45, 7) is 3.99. The monoisotopic (exact) mass is 475 g/mol. The number of amidine groups is 2. The molecule has 0 amide bonds. The number of hydrogen-bond acceptors (Lipinski definition) is 6. The summed E-state index contributed by atoms with van der Waals surface area (Å²) < 4.78 is 11.3. The molecule has 0 radical (unpaired) electrons. The Bertz CT molecular complexity index is 1190. The van der Waals surface area contributed by atoms with Crippen molar-refractivity contribution in [3.63, 3.8) is 0 Å². The number of benzene rings is 2. The fourth-order valence-corrected chi connectivity index (χ4v) is 4.60. The van der Waals surface area contributed by atoms with E-state index in [1.54, 1.807) is 0 Å². The molecule has 8 nitrogen and oxygen atoms in total. The second kappa shape index (κ2) is 10.7. The molecule has 0 bridgehead atoms. The van der Waals surface area contributed by atoms with Crippen molar-refractivity contribution in [1.82, 2.24) is 10.2 Å². The van der Waals surface area contributed by atoms with Crippen molar-refractivity contribution in [3.8, 4) is 0 Å². The molecule has 1 fully saturated rings. The van der Waals surface area contributed by atoms with E-state index in [9.17, 15) is 4.79 Å². The number of methoxy groups -OCH3 is 1. The number of fused-ring (bicyclic) bond motifs is 1. The van der Waals surface area contributed by atoms with E-state index in [1.165, 1.54) is 7.11 Å². The first-order valence-electron chi connectivity index (χ1n) is 11.9. The van der Waals surface area contributed by atoms with Gasteiger partial charge in [0.05, 0.1) is 30.7 Å². The molecule has 1 unspecified atom stereocenters. The van der Waals surface area contributed by atoms with Crippen molar-refractivity contribution in [2.45, 2.75) is 44.9 Å². The van der Waals surface area contributed by atoms with E-state index in [0.717, 1.165) is 48.0 Å². The van der Waals surface area contributed by atoms with Crippen molar-refractivity contribution in [2.75, 3.05) is 20.2 Å². The van der Waals surface area contributed by atoms with E-state index in [0.29, 0.717) is 29.9 Å². The van der Waals surface area contributed by atoms with Crippen LogP contribution in [0.5, 0.6) is 0 Å². The van der Waals surface area contributed by atoms with Gasteiger partial charge in [-0.05, 0) is 54.3 Å². The van der Waals surface area contributed by atoms with E-state index in [1.807, 2.05) is 49.4 Å². The first kappa shape index (κ1) is 24.5. The zero-order valence-corrected chi connectivity index (χ0v) is 20.3. The third-order valence-corrected chi connectivity index (χ3v) is 6.62. The van der Waals surface area contributed by atoms with Crippen LogP contribution in [0, 0.1) is 10.8 Å². The van der Waals surface area contributed by atoms with Crippen LogP contribution in [0.2, 0.25) is 0 Å². The first-order valence-corrected chi connectivity index (χ1v) is 11.9. The number of nitrogens with zero attached hydrogens (tertiary/aromatic N) is 1. The van der Waals surface area contributed by atoms with Gasteiger partial charge >= 0.3 is 5.97 Å². The van der Waals surface area contributed by atoms with E-state index in [2.05, 4.69) is 16.3 Å². The molecule has 8 heteroatoms. The lowest BCUT2D eigenvalue weighted by molar-refractivity contribution is -0.136. The standard InChI is InChI=1S/C27H33N5O3/c1-17(28)32-11-9-22(10-12-32)35-23-7-8-25(24(15-23)27(33)34-2)31-16-18-3-4-19-5-6-20(26(29)30)14-21(19)13-18/h3-8,13-14,22-23,28,31H,9-12,15-16H2,1-2H3,(H3,29,30). The number of nitrogen functional groups attached to an aromatic ring is 1. The Labute approximate surface area is 205 Å². The van der Waals surface area contributed by atoms with Gasteiger partial charge < -0.3 is 25.4 Å². The van der Waals surface area contributed by atoms with Crippen LogP contribution in [-0.2, 0) is 20.8 Å². The number of hydrogen-bond donors (Lipinski definition) is 4. The number of likely N-dealkylation sites (tertiary alicyclic amines) is 1. The SMILES string of the molecule is COC(=O)C1=C(NCc2ccc3ccc(C(=N)N)cc3c2)C=CC(OC2CCN(C(C)=N)CC2)C1. The highest BCUT2D eigenvalue weighted by Gasteiger charge is 2.27. The zero-order chi connectivity index (χ0) is 24.9. The van der Waals surface area contributed by atoms with Crippen LogP contribution in [0.25, 0.3) is 10.8 Å². The molecular weight excluding hydrogens is 442 g/mol. The molecule has 1 saturated heterocycles. The Morgan fingerprint density at radius 2 is 1.89 bits per heavy atom. The van der Waals surface area contributed by atoms with Gasteiger partial charge in [-0.3, -0.25) is 10.8 Å². The molecule has 2 aliphatic rings. The van der Waals surface area contributed by atoms with Gasteiger partial charge in [-0.2, -0.15) is 0 Å². The first-order chi connectivity index (χ1) is 16.8. The number of carbonyl (C=O) groups is 1. The third kappa shape index (κ3) is 5.89. The number of nitrogens with one attached hydrogen (secondary N) is 3. The Kier molecular flexibility index (Phi) is 7.51. The molecule has 184 valence electrons. The summed E-state index contributed by atoms with van der Waals surface area (Å²) in [5.41, 5.74) is 8.70. The van der Waals surface area contributed by atoms with Crippen LogP contribution in [0.15, 0.2) is 59.8 Å². The fourth-order valence-electron chi connectivity index (χ4n) is 4.60. The smallest absolute Gasteiger partial charge is 0.335 e. The molecule has 1 aliphatic carbocycles. The lowest BCUT2D eigenvalue weighted by Crippen LogP contribution is -2.40. The largest absolute Gasteiger partial charge is 0.466 e. The number of piperidine rings is 1. The van der Waals surface area contributed by atoms with Crippen molar-refractivity contribution in [3.05, 3.63) is 70.9 Å². The van der Waals surface area contributed by atoms with Gasteiger partial charge in [0.25, 0.3) is 0 Å². The minimum Gasteiger partial charge on any atom is -0.466 e. The Morgan fingerprint density at radius 3 is 2.57 bits per heavy atom. The molecule has 0 spiro atoms. The fraction of sp³-hybridized carbons (Fsp3) is 0.370. The Hall–Kier alpha value is -3.65. The average Bonchev–Trinajstić information content (AvgIpc) is 2.87. The highest BCUT2D eigenvalue weighted by molar-refractivity contribution is 5.99. The van der Waals surface area contributed by atoms with Gasteiger partial charge in [0, 0.05) is 37.3 Å². The van der Waals surface area contributed by atoms with Gasteiger partial charge in [-0.25, -0.2) is 4.79 Å². The van der Waals surface area contributed by atoms with E-state index < -0.39 is 0 Å². The predicted molar refractivity (Wildman–Crippen MR) is 137 cm³/mol. The molecule has 2 aromatic rings. The van der Waals surface area contributed by atoms with Crippen LogP contribution < -0.4 is 11.1 Å². The molecule has 0 aromatic heterocycles. The number of allylic oxidation sites excluding steroid dienone is 1. The number of carbonyl (C=O) groups excluding carboxylic acids is 1. The molecule has 1 heterocycles. The van der Waals surface area contributed by atoms with Crippen molar-refractivity contribution in [2.24, 2.45) is 5.73 Å². The van der Waals surface area contributed by atoms with Crippen LogP contribution in [0.4, 0.5) is 0 Å². The lowest BCUT2D eigenvalue weighted by Gasteiger charge is -2.34. The molecule has 5 N–H and O–H groups in total. The highest BCUT2D eigenvalue weighted by Crippen LogP contribution is 2.26. The Balaban J connectivity index is 1.42. The summed E-state index contributed by atoms with van der Waals surface area (Å²) in [5, 5.41) is 20.9. The maximum Gasteiger partial charge on any atom is 0.335 e. The molecule has 35 heavy (non-hydrogen) atoms. The summed E-state index contributed by atoms with van der Waals surface area (Å²) in [6, 6.07) is 11.9. The molecule has 0 saturated carbocycles. The van der Waals surface area contributed by atoms with Gasteiger partial charge in [0.2, 0.25) is 0 Å². The van der Waals surface area contributed by atoms with Crippen LogP contribution >= 0.6 is 0 Å². The van der Waals surface area contributed by atoms with Gasteiger partial charge in [-0.1, -0.05) is 30.3 Å². The highest BCUT2D eigenvalue weighted by atomic mass is 16.5. The average molecular weight is 476 g/mol. The molecular formula is C27H33N5O3. The molecule has 1 aliphatic heterocycles. The van der Waals surface area contributed by atoms with Gasteiger partial charge in [-0.15, -0.1) is 0 Å².